The Morgan fingerprint density at radius 1 is 1.09 bits per heavy atom. The van der Waals surface area contributed by atoms with Crippen LogP contribution in [0.5, 0.6) is 5.75 Å². The number of ether oxygens (including phenoxy) is 1. The first-order valence-corrected chi connectivity index (χ1v) is 10.9. The summed E-state index contributed by atoms with van der Waals surface area (Å²) in [6.45, 7) is 8.69. The van der Waals surface area contributed by atoms with Crippen LogP contribution in [0.1, 0.15) is 55.4 Å². The van der Waals surface area contributed by atoms with E-state index in [0.717, 1.165) is 5.56 Å². The van der Waals surface area contributed by atoms with Gasteiger partial charge in [-0.1, -0.05) is 51.1 Å². The third-order valence-electron chi connectivity index (χ3n) is 5.70. The molecule has 0 fully saturated rings. The Balaban J connectivity index is 1.85. The fraction of sp³-hybridized carbons (Fsp3) is 0.259. The number of anilines is 1. The van der Waals surface area contributed by atoms with Gasteiger partial charge in [0.15, 0.2) is 11.5 Å². The molecule has 0 aliphatic carbocycles. The molecule has 170 valence electrons. The van der Waals surface area contributed by atoms with E-state index < -0.39 is 23.5 Å². The van der Waals surface area contributed by atoms with Crippen LogP contribution in [0.2, 0.25) is 0 Å². The third-order valence-corrected chi connectivity index (χ3v) is 5.70. The molecule has 0 spiro atoms. The Morgan fingerprint density at radius 2 is 1.82 bits per heavy atom. The van der Waals surface area contributed by atoms with Gasteiger partial charge in [0, 0.05) is 11.8 Å². The number of hydrogen-bond acceptors (Lipinski definition) is 5. The van der Waals surface area contributed by atoms with E-state index in [9.17, 15) is 14.7 Å². The Kier molecular flexibility index (Phi) is 5.85. The molecule has 0 saturated heterocycles. The Bertz CT molecular complexity index is 1200. The smallest absolute Gasteiger partial charge is 0.294 e. The van der Waals surface area contributed by atoms with Gasteiger partial charge in [-0.05, 0) is 47.7 Å². The standard InChI is InChI=1S/C27H27NO5/c1-5-32-20-9-6-8-19(16-20)28-23(17-11-13-18(14-12-17)27(2,3)4)22(25(30)26(28)31)24(29)21-10-7-15-33-21/h6-16,23,30H,5H2,1-4H3. The van der Waals surface area contributed by atoms with E-state index in [-0.39, 0.29) is 16.7 Å². The molecule has 0 radical (unpaired) electrons. The van der Waals surface area contributed by atoms with E-state index in [1.807, 2.05) is 31.2 Å². The van der Waals surface area contributed by atoms with Crippen LogP contribution >= 0.6 is 0 Å². The number of ketones is 1. The van der Waals surface area contributed by atoms with Gasteiger partial charge < -0.3 is 14.3 Å². The van der Waals surface area contributed by atoms with Crippen LogP contribution in [0, 0.1) is 0 Å². The first kappa shape index (κ1) is 22.4. The molecule has 2 aromatic carbocycles. The van der Waals surface area contributed by atoms with Gasteiger partial charge in [-0.3, -0.25) is 14.5 Å². The van der Waals surface area contributed by atoms with Gasteiger partial charge in [-0.2, -0.15) is 0 Å². The fourth-order valence-electron chi connectivity index (χ4n) is 4.01. The van der Waals surface area contributed by atoms with Gasteiger partial charge in [-0.25, -0.2) is 0 Å². The van der Waals surface area contributed by atoms with Gasteiger partial charge in [0.05, 0.1) is 24.5 Å². The van der Waals surface area contributed by atoms with E-state index in [1.165, 1.54) is 17.2 Å². The molecule has 2 heterocycles. The molecule has 1 aromatic heterocycles. The fourth-order valence-corrected chi connectivity index (χ4v) is 4.01. The first-order chi connectivity index (χ1) is 15.7. The van der Waals surface area contributed by atoms with Crippen molar-refractivity contribution in [3.8, 4) is 5.75 Å². The summed E-state index contributed by atoms with van der Waals surface area (Å²) >= 11 is 0. The number of hydrogen-bond donors (Lipinski definition) is 1. The van der Waals surface area contributed by atoms with E-state index >= 15 is 0 Å². The number of aliphatic hydroxyl groups is 1. The highest BCUT2D eigenvalue weighted by Crippen LogP contribution is 2.43. The van der Waals surface area contributed by atoms with Crippen LogP contribution in [0.4, 0.5) is 5.69 Å². The molecule has 4 rings (SSSR count). The van der Waals surface area contributed by atoms with Crippen LogP contribution in [-0.2, 0) is 10.2 Å². The number of Topliss-reactive ketones (excluding diaryl/α,β-unsaturated/α-hetero) is 1. The minimum atomic E-state index is -0.819. The van der Waals surface area contributed by atoms with Crippen molar-refractivity contribution in [2.45, 2.75) is 39.2 Å². The molecule has 1 atom stereocenters. The molecule has 33 heavy (non-hydrogen) atoms. The van der Waals surface area contributed by atoms with Gasteiger partial charge >= 0.3 is 0 Å². The molecular weight excluding hydrogens is 418 g/mol. The second kappa shape index (κ2) is 8.62. The monoisotopic (exact) mass is 445 g/mol. The number of carbonyl (C=O) groups is 2. The molecule has 6 nitrogen and oxygen atoms in total. The van der Waals surface area contributed by atoms with Crippen LogP contribution in [0.15, 0.2) is 82.7 Å². The summed E-state index contributed by atoms with van der Waals surface area (Å²) in [6, 6.07) is 17.1. The summed E-state index contributed by atoms with van der Waals surface area (Å²) in [5, 5.41) is 10.8. The highest BCUT2D eigenvalue weighted by Gasteiger charge is 2.45. The maximum atomic E-state index is 13.3. The van der Waals surface area contributed by atoms with Crippen molar-refractivity contribution < 1.29 is 23.8 Å². The molecule has 0 bridgehead atoms. The third kappa shape index (κ3) is 4.16. The Hall–Kier alpha value is -3.80. The lowest BCUT2D eigenvalue weighted by molar-refractivity contribution is -0.117. The average Bonchev–Trinajstić information content (AvgIpc) is 3.41. The van der Waals surface area contributed by atoms with Crippen molar-refractivity contribution in [1.29, 1.82) is 0 Å². The molecule has 1 unspecified atom stereocenters. The molecule has 3 aromatic rings. The van der Waals surface area contributed by atoms with Gasteiger partial charge in [-0.15, -0.1) is 0 Å². The minimum Gasteiger partial charge on any atom is -0.503 e. The minimum absolute atomic E-state index is 0.0136. The van der Waals surface area contributed by atoms with Crippen LogP contribution < -0.4 is 9.64 Å². The van der Waals surface area contributed by atoms with Gasteiger partial charge in [0.2, 0.25) is 5.78 Å². The maximum Gasteiger partial charge on any atom is 0.294 e. The zero-order valence-corrected chi connectivity index (χ0v) is 19.2. The SMILES string of the molecule is CCOc1cccc(N2C(=O)C(O)=C(C(=O)c3ccco3)C2c2ccc(C(C)(C)C)cc2)c1. The Labute approximate surface area is 193 Å². The zero-order valence-electron chi connectivity index (χ0n) is 19.2. The van der Waals surface area contributed by atoms with Crippen molar-refractivity contribution >= 4 is 17.4 Å². The number of carbonyl (C=O) groups excluding carboxylic acids is 2. The number of aliphatic hydroxyl groups excluding tert-OH is 1. The molecule has 0 saturated carbocycles. The van der Waals surface area contributed by atoms with Crippen LogP contribution in [-0.4, -0.2) is 23.4 Å². The number of nitrogens with zero attached hydrogens (tertiary/aromatic N) is 1. The lowest BCUT2D eigenvalue weighted by Crippen LogP contribution is -2.31. The summed E-state index contributed by atoms with van der Waals surface area (Å²) in [5.74, 6) is -1.11. The van der Waals surface area contributed by atoms with Crippen molar-refractivity contribution in [3.63, 3.8) is 0 Å². The van der Waals surface area contributed by atoms with Crippen LogP contribution in [0.3, 0.4) is 0 Å². The second-order valence-electron chi connectivity index (χ2n) is 8.95. The van der Waals surface area contributed by atoms with Crippen molar-refractivity contribution in [3.05, 3.63) is 95.1 Å². The highest BCUT2D eigenvalue weighted by molar-refractivity contribution is 6.20. The number of amides is 1. The van der Waals surface area contributed by atoms with E-state index in [1.54, 1.807) is 30.3 Å². The van der Waals surface area contributed by atoms with Crippen molar-refractivity contribution in [1.82, 2.24) is 0 Å². The second-order valence-corrected chi connectivity index (χ2v) is 8.95. The normalized spacial score (nSPS) is 16.4. The van der Waals surface area contributed by atoms with E-state index in [0.29, 0.717) is 23.6 Å². The summed E-state index contributed by atoms with van der Waals surface area (Å²) in [6.07, 6.45) is 1.39. The number of benzene rings is 2. The zero-order chi connectivity index (χ0) is 23.8. The van der Waals surface area contributed by atoms with E-state index in [2.05, 4.69) is 20.8 Å². The van der Waals surface area contributed by atoms with Gasteiger partial charge in [0.1, 0.15) is 5.75 Å². The average molecular weight is 446 g/mol. The molecular formula is C27H27NO5. The molecule has 1 aliphatic rings. The molecule has 6 heteroatoms. The lowest BCUT2D eigenvalue weighted by Gasteiger charge is -2.28. The lowest BCUT2D eigenvalue weighted by atomic mass is 9.85. The quantitative estimate of drug-likeness (QED) is 0.488. The molecule has 1 N–H and O–H groups in total. The van der Waals surface area contributed by atoms with Gasteiger partial charge in [0.25, 0.3) is 5.91 Å². The molecule has 1 amide bonds. The topological polar surface area (TPSA) is 80.0 Å². The van der Waals surface area contributed by atoms with Crippen molar-refractivity contribution in [2.24, 2.45) is 0 Å². The van der Waals surface area contributed by atoms with E-state index in [4.69, 9.17) is 9.15 Å². The van der Waals surface area contributed by atoms with Crippen molar-refractivity contribution in [2.75, 3.05) is 11.5 Å². The number of furan rings is 1. The Morgan fingerprint density at radius 3 is 2.42 bits per heavy atom. The predicted molar refractivity (Wildman–Crippen MR) is 126 cm³/mol. The van der Waals surface area contributed by atoms with Crippen LogP contribution in [0.25, 0.3) is 0 Å². The summed E-state index contributed by atoms with van der Waals surface area (Å²) in [5.41, 5.74) is 2.27. The maximum absolute atomic E-state index is 13.3. The summed E-state index contributed by atoms with van der Waals surface area (Å²) in [7, 11) is 0. The highest BCUT2D eigenvalue weighted by atomic mass is 16.5. The molecule has 1 aliphatic heterocycles. The predicted octanol–water partition coefficient (Wildman–Crippen LogP) is 5.76. The number of rotatable bonds is 6. The summed E-state index contributed by atoms with van der Waals surface area (Å²) < 4.78 is 10.9. The largest absolute Gasteiger partial charge is 0.503 e. The first-order valence-electron chi connectivity index (χ1n) is 10.9. The summed E-state index contributed by atoms with van der Waals surface area (Å²) in [4.78, 5) is 28.0.